The van der Waals surface area contributed by atoms with Gasteiger partial charge in [0.15, 0.2) is 0 Å². The minimum Gasteiger partial charge on any atom is -0.461 e. The van der Waals surface area contributed by atoms with Gasteiger partial charge in [-0.3, -0.25) is 4.98 Å². The second-order valence-corrected chi connectivity index (χ2v) is 4.00. The van der Waals surface area contributed by atoms with Gasteiger partial charge in [-0.1, -0.05) is 6.07 Å². The molecule has 0 bridgehead atoms. The van der Waals surface area contributed by atoms with E-state index in [0.29, 0.717) is 11.6 Å². The van der Waals surface area contributed by atoms with Gasteiger partial charge in [-0.25, -0.2) is 9.78 Å². The first-order valence-corrected chi connectivity index (χ1v) is 5.67. The summed E-state index contributed by atoms with van der Waals surface area (Å²) in [6, 6.07) is 5.62. The number of ether oxygens (including phenoxy) is 1. The summed E-state index contributed by atoms with van der Waals surface area (Å²) in [5.74, 6) is -0.380. The number of hydrogen-bond acceptors (Lipinski definition) is 5. The zero-order chi connectivity index (χ0) is 11.4. The number of hydrogen-bond donors (Lipinski definition) is 0. The van der Waals surface area contributed by atoms with Crippen LogP contribution in [0.5, 0.6) is 0 Å². The molecule has 0 spiro atoms. The fourth-order valence-electron chi connectivity index (χ4n) is 1.19. The fraction of sp³-hybridized carbons (Fsp3) is 0.182. The summed E-state index contributed by atoms with van der Waals surface area (Å²) in [4.78, 5) is 20.5. The first-order chi connectivity index (χ1) is 7.81. The molecule has 5 heteroatoms. The van der Waals surface area contributed by atoms with E-state index in [4.69, 9.17) is 4.74 Å². The summed E-state index contributed by atoms with van der Waals surface area (Å²) in [7, 11) is 0. The van der Waals surface area contributed by atoms with Crippen LogP contribution in [0, 0.1) is 0 Å². The highest BCUT2D eigenvalue weighted by Crippen LogP contribution is 2.24. The van der Waals surface area contributed by atoms with Crippen molar-refractivity contribution in [3.05, 3.63) is 35.6 Å². The van der Waals surface area contributed by atoms with Crippen LogP contribution in [-0.2, 0) is 4.74 Å². The van der Waals surface area contributed by atoms with Crippen LogP contribution in [0.1, 0.15) is 16.7 Å². The number of esters is 1. The van der Waals surface area contributed by atoms with Crippen LogP contribution in [0.25, 0.3) is 10.6 Å². The highest BCUT2D eigenvalue weighted by atomic mass is 32.1. The summed E-state index contributed by atoms with van der Waals surface area (Å²) in [5.41, 5.74) is 0.815. The Labute approximate surface area is 96.9 Å². The molecule has 2 heterocycles. The van der Waals surface area contributed by atoms with Gasteiger partial charge < -0.3 is 4.74 Å². The summed E-state index contributed by atoms with van der Waals surface area (Å²) in [6.45, 7) is 2.13. The lowest BCUT2D eigenvalue weighted by molar-refractivity contribution is 0.0526. The SMILES string of the molecule is CCOC(=O)c1ncc(-c2ccccn2)s1. The van der Waals surface area contributed by atoms with Crippen molar-refractivity contribution in [3.63, 3.8) is 0 Å². The van der Waals surface area contributed by atoms with Crippen molar-refractivity contribution >= 4 is 17.3 Å². The second-order valence-electron chi connectivity index (χ2n) is 2.97. The van der Waals surface area contributed by atoms with Crippen molar-refractivity contribution in [1.82, 2.24) is 9.97 Å². The zero-order valence-electron chi connectivity index (χ0n) is 8.71. The standard InChI is InChI=1S/C11H10N2O2S/c1-2-15-11(14)10-13-7-9(16-10)8-5-3-4-6-12-8/h3-7H,2H2,1H3. The van der Waals surface area contributed by atoms with E-state index in [1.165, 1.54) is 11.3 Å². The number of aromatic nitrogens is 2. The van der Waals surface area contributed by atoms with Crippen LogP contribution in [-0.4, -0.2) is 22.5 Å². The van der Waals surface area contributed by atoms with E-state index in [2.05, 4.69) is 9.97 Å². The van der Waals surface area contributed by atoms with Crippen molar-refractivity contribution in [2.24, 2.45) is 0 Å². The molecule has 4 nitrogen and oxygen atoms in total. The molecule has 0 atom stereocenters. The van der Waals surface area contributed by atoms with Crippen molar-refractivity contribution in [2.75, 3.05) is 6.61 Å². The van der Waals surface area contributed by atoms with E-state index in [-0.39, 0.29) is 5.97 Å². The van der Waals surface area contributed by atoms with E-state index in [0.717, 1.165) is 10.6 Å². The largest absolute Gasteiger partial charge is 0.461 e. The molecule has 0 radical (unpaired) electrons. The number of rotatable bonds is 3. The van der Waals surface area contributed by atoms with Crippen LogP contribution in [0.3, 0.4) is 0 Å². The maximum atomic E-state index is 11.4. The predicted molar refractivity (Wildman–Crippen MR) is 61.3 cm³/mol. The van der Waals surface area contributed by atoms with Gasteiger partial charge in [0.05, 0.1) is 17.2 Å². The maximum Gasteiger partial charge on any atom is 0.367 e. The molecule has 0 aliphatic carbocycles. The molecule has 82 valence electrons. The van der Waals surface area contributed by atoms with Crippen molar-refractivity contribution in [1.29, 1.82) is 0 Å². The minimum atomic E-state index is -0.380. The monoisotopic (exact) mass is 234 g/mol. The van der Waals surface area contributed by atoms with Gasteiger partial charge in [-0.15, -0.1) is 11.3 Å². The summed E-state index contributed by atoms with van der Waals surface area (Å²) >= 11 is 1.29. The molecule has 0 unspecified atom stereocenters. The summed E-state index contributed by atoms with van der Waals surface area (Å²) < 4.78 is 4.87. The fourth-order valence-corrected chi connectivity index (χ4v) is 1.97. The Hall–Kier alpha value is -1.75. The topological polar surface area (TPSA) is 52.1 Å². The summed E-state index contributed by atoms with van der Waals surface area (Å²) in [6.07, 6.45) is 3.35. The number of nitrogens with zero attached hydrogens (tertiary/aromatic N) is 2. The third kappa shape index (κ3) is 2.25. The van der Waals surface area contributed by atoms with E-state index in [9.17, 15) is 4.79 Å². The Morgan fingerprint density at radius 2 is 2.31 bits per heavy atom. The van der Waals surface area contributed by atoms with Gasteiger partial charge in [0.2, 0.25) is 5.01 Å². The lowest BCUT2D eigenvalue weighted by Gasteiger charge is -1.95. The van der Waals surface area contributed by atoms with Crippen LogP contribution < -0.4 is 0 Å². The highest BCUT2D eigenvalue weighted by molar-refractivity contribution is 7.16. The van der Waals surface area contributed by atoms with Gasteiger partial charge in [0.25, 0.3) is 0 Å². The number of carbonyl (C=O) groups is 1. The molecule has 2 aromatic heterocycles. The molecule has 0 aliphatic heterocycles. The smallest absolute Gasteiger partial charge is 0.367 e. The molecule has 0 aliphatic rings. The van der Waals surface area contributed by atoms with E-state index in [1.807, 2.05) is 18.2 Å². The lowest BCUT2D eigenvalue weighted by atomic mass is 10.3. The number of carbonyl (C=O) groups excluding carboxylic acids is 1. The molecular weight excluding hydrogens is 224 g/mol. The molecule has 2 rings (SSSR count). The van der Waals surface area contributed by atoms with Gasteiger partial charge in [-0.2, -0.15) is 0 Å². The number of thiazole rings is 1. The van der Waals surface area contributed by atoms with Crippen molar-refractivity contribution in [3.8, 4) is 10.6 Å². The van der Waals surface area contributed by atoms with Gasteiger partial charge >= 0.3 is 5.97 Å². The summed E-state index contributed by atoms with van der Waals surface area (Å²) in [5, 5.41) is 0.363. The normalized spacial score (nSPS) is 10.1. The molecule has 2 aromatic rings. The van der Waals surface area contributed by atoms with Crippen LogP contribution in [0.15, 0.2) is 30.6 Å². The predicted octanol–water partition coefficient (Wildman–Crippen LogP) is 2.38. The molecule has 0 saturated heterocycles. The van der Waals surface area contributed by atoms with E-state index < -0.39 is 0 Å². The molecule has 0 N–H and O–H groups in total. The Kier molecular flexibility index (Phi) is 3.26. The van der Waals surface area contributed by atoms with E-state index in [1.54, 1.807) is 19.3 Å². The molecule has 0 amide bonds. The molecule has 0 aromatic carbocycles. The minimum absolute atomic E-state index is 0.358. The maximum absolute atomic E-state index is 11.4. The van der Waals surface area contributed by atoms with Crippen LogP contribution in [0.2, 0.25) is 0 Å². The van der Waals surface area contributed by atoms with Crippen molar-refractivity contribution < 1.29 is 9.53 Å². The Balaban J connectivity index is 2.23. The quantitative estimate of drug-likeness (QED) is 0.765. The Morgan fingerprint density at radius 3 is 3.00 bits per heavy atom. The van der Waals surface area contributed by atoms with Crippen molar-refractivity contribution in [2.45, 2.75) is 6.92 Å². The van der Waals surface area contributed by atoms with Gasteiger partial charge in [-0.05, 0) is 19.1 Å². The first kappa shape index (κ1) is 10.8. The average Bonchev–Trinajstić information content (AvgIpc) is 2.80. The van der Waals surface area contributed by atoms with Crippen LogP contribution >= 0.6 is 11.3 Å². The van der Waals surface area contributed by atoms with Gasteiger partial charge in [0.1, 0.15) is 0 Å². The third-order valence-corrected chi connectivity index (χ3v) is 2.87. The Bertz CT molecular complexity index is 482. The Morgan fingerprint density at radius 1 is 1.44 bits per heavy atom. The average molecular weight is 234 g/mol. The first-order valence-electron chi connectivity index (χ1n) is 4.85. The van der Waals surface area contributed by atoms with E-state index >= 15 is 0 Å². The molecule has 0 saturated carbocycles. The van der Waals surface area contributed by atoms with Crippen LogP contribution in [0.4, 0.5) is 0 Å². The lowest BCUT2D eigenvalue weighted by Crippen LogP contribution is -2.03. The highest BCUT2D eigenvalue weighted by Gasteiger charge is 2.12. The number of pyridine rings is 1. The molecule has 0 fully saturated rings. The molecular formula is C11H10N2O2S. The van der Waals surface area contributed by atoms with Gasteiger partial charge in [0, 0.05) is 12.4 Å². The third-order valence-electron chi connectivity index (χ3n) is 1.87. The zero-order valence-corrected chi connectivity index (χ0v) is 9.53. The second kappa shape index (κ2) is 4.85. The molecule has 16 heavy (non-hydrogen) atoms.